The summed E-state index contributed by atoms with van der Waals surface area (Å²) in [6.07, 6.45) is 2.31. The van der Waals surface area contributed by atoms with E-state index in [9.17, 15) is 9.18 Å². The maximum Gasteiger partial charge on any atom is 0.234 e. The van der Waals surface area contributed by atoms with Crippen molar-refractivity contribution in [2.24, 2.45) is 0 Å². The standard InChI is InChI=1S/C12H14ClFN2O/c13-10-5-8(1-4-11(10)14)6-16-12(17)7-15-9-2-3-9/h1,4-5,9,15H,2-3,6-7H2,(H,16,17). The Morgan fingerprint density at radius 3 is 2.88 bits per heavy atom. The summed E-state index contributed by atoms with van der Waals surface area (Å²) >= 11 is 5.64. The largest absolute Gasteiger partial charge is 0.351 e. The van der Waals surface area contributed by atoms with Gasteiger partial charge in [-0.2, -0.15) is 0 Å². The smallest absolute Gasteiger partial charge is 0.234 e. The zero-order valence-corrected chi connectivity index (χ0v) is 10.1. The number of rotatable bonds is 5. The number of hydrogen-bond acceptors (Lipinski definition) is 2. The monoisotopic (exact) mass is 256 g/mol. The molecule has 17 heavy (non-hydrogen) atoms. The molecule has 0 aliphatic heterocycles. The third-order valence-corrected chi connectivity index (χ3v) is 2.89. The molecule has 0 bridgehead atoms. The summed E-state index contributed by atoms with van der Waals surface area (Å²) in [7, 11) is 0. The number of carbonyl (C=O) groups is 1. The van der Waals surface area contributed by atoms with Crippen LogP contribution in [0.1, 0.15) is 18.4 Å². The van der Waals surface area contributed by atoms with Crippen molar-refractivity contribution in [1.29, 1.82) is 0 Å². The zero-order valence-electron chi connectivity index (χ0n) is 9.30. The second-order valence-corrected chi connectivity index (χ2v) is 4.59. The Bertz CT molecular complexity index is 421. The molecule has 1 aromatic rings. The van der Waals surface area contributed by atoms with Gasteiger partial charge >= 0.3 is 0 Å². The van der Waals surface area contributed by atoms with Gasteiger partial charge in [-0.05, 0) is 30.5 Å². The van der Waals surface area contributed by atoms with Crippen LogP contribution in [-0.2, 0) is 11.3 Å². The molecular formula is C12H14ClFN2O. The lowest BCUT2D eigenvalue weighted by Crippen LogP contribution is -2.34. The molecule has 1 fully saturated rings. The molecule has 0 unspecified atom stereocenters. The molecule has 5 heteroatoms. The summed E-state index contributed by atoms with van der Waals surface area (Å²) < 4.78 is 12.9. The number of amides is 1. The van der Waals surface area contributed by atoms with Crippen LogP contribution in [0.2, 0.25) is 5.02 Å². The van der Waals surface area contributed by atoms with Crippen molar-refractivity contribution in [3.05, 3.63) is 34.6 Å². The Labute approximate surface area is 104 Å². The molecule has 92 valence electrons. The van der Waals surface area contributed by atoms with E-state index >= 15 is 0 Å². The van der Waals surface area contributed by atoms with Gasteiger partial charge in [0.1, 0.15) is 5.82 Å². The molecule has 0 atom stereocenters. The molecule has 3 nitrogen and oxygen atoms in total. The van der Waals surface area contributed by atoms with Crippen LogP contribution in [0, 0.1) is 5.82 Å². The summed E-state index contributed by atoms with van der Waals surface area (Å²) in [5.74, 6) is -0.505. The number of carbonyl (C=O) groups excluding carboxylic acids is 1. The van der Waals surface area contributed by atoms with Crippen LogP contribution in [0.25, 0.3) is 0 Å². The van der Waals surface area contributed by atoms with E-state index in [0.717, 1.165) is 18.4 Å². The van der Waals surface area contributed by atoms with E-state index in [1.165, 1.54) is 12.1 Å². The molecule has 0 saturated heterocycles. The minimum absolute atomic E-state index is 0.0580. The number of halogens is 2. The topological polar surface area (TPSA) is 41.1 Å². The van der Waals surface area contributed by atoms with Crippen molar-refractivity contribution in [2.45, 2.75) is 25.4 Å². The first-order chi connectivity index (χ1) is 8.15. The molecule has 2 rings (SSSR count). The second-order valence-electron chi connectivity index (χ2n) is 4.18. The highest BCUT2D eigenvalue weighted by Gasteiger charge is 2.20. The van der Waals surface area contributed by atoms with E-state index in [1.54, 1.807) is 6.07 Å². The van der Waals surface area contributed by atoms with E-state index in [2.05, 4.69) is 10.6 Å². The van der Waals surface area contributed by atoms with Gasteiger partial charge in [-0.25, -0.2) is 4.39 Å². The second kappa shape index (κ2) is 5.47. The highest BCUT2D eigenvalue weighted by atomic mass is 35.5. The van der Waals surface area contributed by atoms with Crippen molar-refractivity contribution < 1.29 is 9.18 Å². The van der Waals surface area contributed by atoms with Crippen LogP contribution in [-0.4, -0.2) is 18.5 Å². The van der Waals surface area contributed by atoms with Gasteiger partial charge in [-0.1, -0.05) is 17.7 Å². The van der Waals surface area contributed by atoms with Gasteiger partial charge in [-0.15, -0.1) is 0 Å². The Kier molecular flexibility index (Phi) is 3.97. The van der Waals surface area contributed by atoms with Crippen molar-refractivity contribution in [1.82, 2.24) is 10.6 Å². The van der Waals surface area contributed by atoms with Gasteiger partial charge < -0.3 is 10.6 Å². The Hall–Kier alpha value is -1.13. The van der Waals surface area contributed by atoms with Gasteiger partial charge in [0.2, 0.25) is 5.91 Å². The van der Waals surface area contributed by atoms with Gasteiger partial charge in [0.25, 0.3) is 0 Å². The van der Waals surface area contributed by atoms with Crippen LogP contribution >= 0.6 is 11.6 Å². The SMILES string of the molecule is O=C(CNC1CC1)NCc1ccc(F)c(Cl)c1. The lowest BCUT2D eigenvalue weighted by molar-refractivity contribution is -0.120. The molecule has 1 aliphatic carbocycles. The maximum atomic E-state index is 12.9. The first-order valence-corrected chi connectivity index (χ1v) is 5.97. The third-order valence-electron chi connectivity index (χ3n) is 2.60. The maximum absolute atomic E-state index is 12.9. The van der Waals surface area contributed by atoms with Crippen LogP contribution < -0.4 is 10.6 Å². The molecule has 0 aromatic heterocycles. The molecule has 1 saturated carbocycles. The Morgan fingerprint density at radius 1 is 1.47 bits per heavy atom. The third kappa shape index (κ3) is 3.98. The molecule has 0 spiro atoms. The summed E-state index contributed by atoms with van der Waals surface area (Å²) in [6, 6.07) is 4.94. The fourth-order valence-electron chi connectivity index (χ4n) is 1.44. The van der Waals surface area contributed by atoms with Crippen molar-refractivity contribution in [2.75, 3.05) is 6.54 Å². The van der Waals surface area contributed by atoms with E-state index in [1.807, 2.05) is 0 Å². The number of nitrogens with one attached hydrogen (secondary N) is 2. The van der Waals surface area contributed by atoms with Crippen molar-refractivity contribution >= 4 is 17.5 Å². The zero-order chi connectivity index (χ0) is 12.3. The minimum Gasteiger partial charge on any atom is -0.351 e. The minimum atomic E-state index is -0.447. The van der Waals surface area contributed by atoms with Gasteiger partial charge in [-0.3, -0.25) is 4.79 Å². The summed E-state index contributed by atoms with van der Waals surface area (Å²) in [5, 5.41) is 5.94. The quantitative estimate of drug-likeness (QED) is 0.844. The molecular weight excluding hydrogens is 243 g/mol. The lowest BCUT2D eigenvalue weighted by atomic mass is 10.2. The Balaban J connectivity index is 1.75. The predicted octanol–water partition coefficient (Wildman–Crippen LogP) is 1.85. The average molecular weight is 257 g/mol. The van der Waals surface area contributed by atoms with Crippen LogP contribution in [0.15, 0.2) is 18.2 Å². The molecule has 1 amide bonds. The molecule has 2 N–H and O–H groups in total. The number of hydrogen-bond donors (Lipinski definition) is 2. The predicted molar refractivity (Wildman–Crippen MR) is 64.3 cm³/mol. The van der Waals surface area contributed by atoms with E-state index in [-0.39, 0.29) is 10.9 Å². The van der Waals surface area contributed by atoms with Gasteiger partial charge in [0.05, 0.1) is 11.6 Å². The molecule has 1 aliphatic rings. The van der Waals surface area contributed by atoms with Gasteiger partial charge in [0, 0.05) is 12.6 Å². The van der Waals surface area contributed by atoms with Crippen molar-refractivity contribution in [3.63, 3.8) is 0 Å². The molecule has 0 radical (unpaired) electrons. The van der Waals surface area contributed by atoms with Crippen molar-refractivity contribution in [3.8, 4) is 0 Å². The normalized spacial score (nSPS) is 14.7. The van der Waals surface area contributed by atoms with Crippen LogP contribution in [0.5, 0.6) is 0 Å². The van der Waals surface area contributed by atoms with Gasteiger partial charge in [0.15, 0.2) is 0 Å². The van der Waals surface area contributed by atoms with Crippen LogP contribution in [0.4, 0.5) is 4.39 Å². The molecule has 0 heterocycles. The fourth-order valence-corrected chi connectivity index (χ4v) is 1.64. The first kappa shape index (κ1) is 12.3. The number of benzene rings is 1. The first-order valence-electron chi connectivity index (χ1n) is 5.59. The van der Waals surface area contributed by atoms with E-state index < -0.39 is 5.82 Å². The highest BCUT2D eigenvalue weighted by molar-refractivity contribution is 6.30. The fraction of sp³-hybridized carbons (Fsp3) is 0.417. The lowest BCUT2D eigenvalue weighted by Gasteiger charge is -2.06. The van der Waals surface area contributed by atoms with Crippen LogP contribution in [0.3, 0.4) is 0 Å². The highest BCUT2D eigenvalue weighted by Crippen LogP contribution is 2.18. The van der Waals surface area contributed by atoms with E-state index in [4.69, 9.17) is 11.6 Å². The average Bonchev–Trinajstić information content (AvgIpc) is 3.12. The summed E-state index contributed by atoms with van der Waals surface area (Å²) in [4.78, 5) is 11.4. The molecule has 1 aromatic carbocycles. The summed E-state index contributed by atoms with van der Waals surface area (Å²) in [6.45, 7) is 0.699. The van der Waals surface area contributed by atoms with E-state index in [0.29, 0.717) is 19.1 Å². The Morgan fingerprint density at radius 2 is 2.24 bits per heavy atom. The summed E-state index contributed by atoms with van der Waals surface area (Å²) in [5.41, 5.74) is 0.788.